The average molecular weight is 238 g/mol. The normalized spacial score (nSPS) is 12.8. The summed E-state index contributed by atoms with van der Waals surface area (Å²) in [6.45, 7) is 1.83. The Kier molecular flexibility index (Phi) is 2.78. The molecule has 0 spiro atoms. The maximum absolute atomic E-state index is 11.0. The van der Waals surface area contributed by atoms with Crippen LogP contribution >= 0.6 is 11.3 Å². The summed E-state index contributed by atoms with van der Waals surface area (Å²) in [5.41, 5.74) is 1.08. The minimum absolute atomic E-state index is 0.0906. The monoisotopic (exact) mass is 238 g/mol. The fourth-order valence-electron chi connectivity index (χ4n) is 1.59. The Morgan fingerprint density at radius 2 is 2.31 bits per heavy atom. The molecular weight excluding hydrogens is 228 g/mol. The Morgan fingerprint density at radius 1 is 1.56 bits per heavy atom. The van der Waals surface area contributed by atoms with E-state index in [1.54, 1.807) is 6.07 Å². The van der Waals surface area contributed by atoms with Crippen LogP contribution in [0.25, 0.3) is 10.3 Å². The first-order chi connectivity index (χ1) is 7.61. The molecule has 0 radical (unpaired) electrons. The Morgan fingerprint density at radius 3 is 3.00 bits per heavy atom. The number of carbonyl (C=O) groups is 1. The molecule has 5 heteroatoms. The van der Waals surface area contributed by atoms with Gasteiger partial charge in [-0.05, 0) is 12.0 Å². The number of aldehydes is 1. The average Bonchev–Trinajstić information content (AvgIpc) is 2.56. The van der Waals surface area contributed by atoms with Crippen LogP contribution in [-0.4, -0.2) is 11.4 Å². The number of aromatic hydroxyl groups is 1. The summed E-state index contributed by atoms with van der Waals surface area (Å²) in [6, 6.07) is 3.12. The molecule has 0 saturated heterocycles. The quantitative estimate of drug-likeness (QED) is 0.833. The molecule has 2 aromatic rings. The molecular formula is C11H10O4S. The van der Waals surface area contributed by atoms with Crippen molar-refractivity contribution in [3.63, 3.8) is 0 Å². The number of benzene rings is 1. The van der Waals surface area contributed by atoms with Crippen LogP contribution in [0, 0.1) is 0 Å². The van der Waals surface area contributed by atoms with Crippen molar-refractivity contribution in [2.75, 3.05) is 0 Å². The molecule has 0 fully saturated rings. The molecule has 1 atom stereocenters. The number of hydrogen-bond acceptors (Lipinski definition) is 5. The third-order valence-corrected chi connectivity index (χ3v) is 3.25. The van der Waals surface area contributed by atoms with E-state index in [2.05, 4.69) is 0 Å². The summed E-state index contributed by atoms with van der Waals surface area (Å²) in [5.74, 6) is 0.00556. The lowest BCUT2D eigenvalue weighted by Crippen LogP contribution is -1.94. The molecule has 0 amide bonds. The molecule has 0 bridgehead atoms. The summed E-state index contributed by atoms with van der Waals surface area (Å²) in [6.07, 6.45) is 1.13. The fourth-order valence-corrected chi connectivity index (χ4v) is 2.27. The lowest BCUT2D eigenvalue weighted by molar-refractivity contribution is -0.108. The van der Waals surface area contributed by atoms with E-state index in [0.717, 1.165) is 17.6 Å². The molecule has 0 aliphatic rings. The first kappa shape index (κ1) is 10.9. The van der Waals surface area contributed by atoms with Crippen LogP contribution in [0.4, 0.5) is 0 Å². The van der Waals surface area contributed by atoms with Gasteiger partial charge in [-0.1, -0.05) is 18.3 Å². The van der Waals surface area contributed by atoms with E-state index in [4.69, 9.17) is 4.42 Å². The van der Waals surface area contributed by atoms with Crippen molar-refractivity contribution in [3.05, 3.63) is 27.4 Å². The van der Waals surface area contributed by atoms with E-state index in [-0.39, 0.29) is 11.7 Å². The number of phenols is 1. The molecule has 0 aliphatic heterocycles. The van der Waals surface area contributed by atoms with Crippen LogP contribution < -0.4 is 4.94 Å². The fraction of sp³-hybridized carbons (Fsp3) is 0.273. The smallest absolute Gasteiger partial charge is 0.396 e. The second-order valence-electron chi connectivity index (χ2n) is 3.62. The van der Waals surface area contributed by atoms with Gasteiger partial charge < -0.3 is 14.3 Å². The Labute approximate surface area is 95.1 Å². The number of fused-ring (bicyclic) bond motifs is 1. The van der Waals surface area contributed by atoms with Crippen LogP contribution in [0.3, 0.4) is 0 Å². The summed E-state index contributed by atoms with van der Waals surface area (Å²) < 4.78 is 5.57. The van der Waals surface area contributed by atoms with E-state index < -0.39 is 4.94 Å². The zero-order valence-electron chi connectivity index (χ0n) is 8.60. The van der Waals surface area contributed by atoms with Crippen molar-refractivity contribution < 1.29 is 14.3 Å². The highest BCUT2D eigenvalue weighted by molar-refractivity contribution is 7.16. The summed E-state index contributed by atoms with van der Waals surface area (Å²) in [5, 5.41) is 9.76. The van der Waals surface area contributed by atoms with E-state index in [0.29, 0.717) is 22.3 Å². The minimum atomic E-state index is -0.394. The summed E-state index contributed by atoms with van der Waals surface area (Å²) >= 11 is 0.948. The third kappa shape index (κ3) is 1.86. The molecule has 0 saturated carbocycles. The van der Waals surface area contributed by atoms with Crippen molar-refractivity contribution >= 4 is 27.9 Å². The largest absolute Gasteiger partial charge is 0.508 e. The van der Waals surface area contributed by atoms with Crippen LogP contribution in [0.1, 0.15) is 24.8 Å². The van der Waals surface area contributed by atoms with Crippen molar-refractivity contribution in [3.8, 4) is 5.75 Å². The van der Waals surface area contributed by atoms with Gasteiger partial charge in [0.15, 0.2) is 0 Å². The first-order valence-electron chi connectivity index (χ1n) is 4.82. The van der Waals surface area contributed by atoms with Crippen molar-refractivity contribution in [2.45, 2.75) is 19.3 Å². The second kappa shape index (κ2) is 4.09. The number of hydrogen-bond donors (Lipinski definition) is 1. The SMILES string of the molecule is CC(CC=O)c1cc2oc(=O)sc2cc1O. The predicted molar refractivity (Wildman–Crippen MR) is 61.1 cm³/mol. The Bertz CT molecular complexity index is 581. The summed E-state index contributed by atoms with van der Waals surface area (Å²) in [7, 11) is 0. The van der Waals surface area contributed by atoms with Crippen LogP contribution in [0.15, 0.2) is 21.3 Å². The predicted octanol–water partition coefficient (Wildman–Crippen LogP) is 2.25. The highest BCUT2D eigenvalue weighted by Crippen LogP contribution is 2.32. The zero-order chi connectivity index (χ0) is 11.7. The van der Waals surface area contributed by atoms with Crippen molar-refractivity contribution in [1.29, 1.82) is 0 Å². The van der Waals surface area contributed by atoms with Gasteiger partial charge in [0, 0.05) is 18.1 Å². The van der Waals surface area contributed by atoms with Gasteiger partial charge in [0.1, 0.15) is 17.6 Å². The second-order valence-corrected chi connectivity index (χ2v) is 4.59. The Hall–Kier alpha value is -1.62. The van der Waals surface area contributed by atoms with Crippen LogP contribution in [0.2, 0.25) is 0 Å². The summed E-state index contributed by atoms with van der Waals surface area (Å²) in [4.78, 5) is 21.0. The van der Waals surface area contributed by atoms with Crippen LogP contribution in [-0.2, 0) is 4.79 Å². The molecule has 2 rings (SSSR count). The van der Waals surface area contributed by atoms with E-state index in [9.17, 15) is 14.7 Å². The number of carbonyl (C=O) groups excluding carboxylic acids is 1. The van der Waals surface area contributed by atoms with E-state index in [1.807, 2.05) is 6.92 Å². The standard InChI is InChI=1S/C11H10O4S/c1-6(2-3-12)7-4-9-10(5-8(7)13)16-11(14)15-9/h3-6,13H,2H2,1H3. The molecule has 4 nitrogen and oxygen atoms in total. The molecule has 1 aromatic carbocycles. The first-order valence-corrected chi connectivity index (χ1v) is 5.63. The maximum atomic E-state index is 11.0. The molecule has 1 unspecified atom stereocenters. The Balaban J connectivity index is 2.56. The van der Waals surface area contributed by atoms with E-state index in [1.165, 1.54) is 6.07 Å². The highest BCUT2D eigenvalue weighted by Gasteiger charge is 2.13. The van der Waals surface area contributed by atoms with Gasteiger partial charge in [-0.15, -0.1) is 0 Å². The van der Waals surface area contributed by atoms with Gasteiger partial charge in [0.25, 0.3) is 0 Å². The van der Waals surface area contributed by atoms with Crippen LogP contribution in [0.5, 0.6) is 5.75 Å². The lowest BCUT2D eigenvalue weighted by Gasteiger charge is -2.09. The van der Waals surface area contributed by atoms with Gasteiger partial charge in [0.05, 0.1) is 4.70 Å². The molecule has 16 heavy (non-hydrogen) atoms. The van der Waals surface area contributed by atoms with Crippen molar-refractivity contribution in [1.82, 2.24) is 0 Å². The van der Waals surface area contributed by atoms with Gasteiger partial charge in [0.2, 0.25) is 0 Å². The molecule has 0 aliphatic carbocycles. The van der Waals surface area contributed by atoms with Gasteiger partial charge in [-0.3, -0.25) is 0 Å². The lowest BCUT2D eigenvalue weighted by atomic mass is 9.97. The molecule has 84 valence electrons. The van der Waals surface area contributed by atoms with Crippen molar-refractivity contribution in [2.24, 2.45) is 0 Å². The zero-order valence-corrected chi connectivity index (χ0v) is 9.41. The third-order valence-electron chi connectivity index (χ3n) is 2.46. The molecule has 1 N–H and O–H groups in total. The minimum Gasteiger partial charge on any atom is -0.508 e. The molecule has 1 aromatic heterocycles. The topological polar surface area (TPSA) is 67.5 Å². The highest BCUT2D eigenvalue weighted by atomic mass is 32.1. The molecule has 1 heterocycles. The maximum Gasteiger partial charge on any atom is 0.396 e. The number of rotatable bonds is 3. The van der Waals surface area contributed by atoms with Gasteiger partial charge >= 0.3 is 4.94 Å². The van der Waals surface area contributed by atoms with Gasteiger partial charge in [-0.2, -0.15) is 0 Å². The number of phenolic OH excluding ortho intramolecular Hbond substituents is 1. The van der Waals surface area contributed by atoms with Gasteiger partial charge in [-0.25, -0.2) is 4.79 Å². The van der Waals surface area contributed by atoms with E-state index >= 15 is 0 Å².